The Kier molecular flexibility index (Phi) is 5.42. The fourth-order valence-electron chi connectivity index (χ4n) is 4.31. The maximum atomic E-state index is 15.0. The molecule has 28 heavy (non-hydrogen) atoms. The van der Waals surface area contributed by atoms with Crippen LogP contribution in [-0.2, 0) is 0 Å². The molecule has 1 aliphatic heterocycles. The molecule has 0 aromatic carbocycles. The second-order valence-corrected chi connectivity index (χ2v) is 7.92. The van der Waals surface area contributed by atoms with Crippen molar-refractivity contribution < 1.29 is 14.3 Å². The molecule has 1 aliphatic carbocycles. The summed E-state index contributed by atoms with van der Waals surface area (Å²) in [4.78, 5) is 26.1. The number of rotatable bonds is 4. The van der Waals surface area contributed by atoms with Crippen molar-refractivity contribution in [2.45, 2.75) is 45.1 Å². The lowest BCUT2D eigenvalue weighted by Gasteiger charge is -2.24. The van der Waals surface area contributed by atoms with Gasteiger partial charge in [0, 0.05) is 19.1 Å². The predicted octanol–water partition coefficient (Wildman–Crippen LogP) is 2.92. The molecule has 0 radical (unpaired) electrons. The van der Waals surface area contributed by atoms with Crippen molar-refractivity contribution in [2.24, 2.45) is 11.7 Å². The molecule has 152 valence electrons. The van der Waals surface area contributed by atoms with E-state index in [1.165, 1.54) is 10.5 Å². The SMILES string of the molecule is Cc1c(N2CC[C@@H](C(C)N)C2)c(F)cn2c(=O)c(C(=O)O)cc(C3CC3)c12.Cl. The molecule has 3 N–H and O–H groups in total. The van der Waals surface area contributed by atoms with E-state index in [2.05, 4.69) is 0 Å². The summed E-state index contributed by atoms with van der Waals surface area (Å²) in [6.45, 7) is 5.19. The fourth-order valence-corrected chi connectivity index (χ4v) is 4.31. The molecule has 1 unspecified atom stereocenters. The van der Waals surface area contributed by atoms with Crippen molar-refractivity contribution in [2.75, 3.05) is 18.0 Å². The summed E-state index contributed by atoms with van der Waals surface area (Å²) in [6, 6.07) is 1.53. The van der Waals surface area contributed by atoms with Gasteiger partial charge >= 0.3 is 5.97 Å². The molecule has 1 saturated carbocycles. The quantitative estimate of drug-likeness (QED) is 0.810. The first-order valence-electron chi connectivity index (χ1n) is 9.41. The number of halogens is 2. The van der Waals surface area contributed by atoms with E-state index in [1.54, 1.807) is 0 Å². The van der Waals surface area contributed by atoms with Crippen LogP contribution in [0.2, 0.25) is 0 Å². The van der Waals surface area contributed by atoms with Gasteiger partial charge in [-0.3, -0.25) is 9.20 Å². The number of hydrogen-bond acceptors (Lipinski definition) is 4. The zero-order valence-electron chi connectivity index (χ0n) is 15.9. The summed E-state index contributed by atoms with van der Waals surface area (Å²) in [5, 5.41) is 9.37. The molecule has 2 aliphatic rings. The minimum absolute atomic E-state index is 0. The van der Waals surface area contributed by atoms with Crippen molar-refractivity contribution in [1.82, 2.24) is 4.40 Å². The molecular formula is C20H25ClFN3O3. The Morgan fingerprint density at radius 1 is 1.36 bits per heavy atom. The van der Waals surface area contributed by atoms with E-state index in [9.17, 15) is 14.7 Å². The first-order chi connectivity index (χ1) is 12.8. The summed E-state index contributed by atoms with van der Waals surface area (Å²) in [6.07, 6.45) is 3.96. The number of carbonyl (C=O) groups is 1. The third-order valence-electron chi connectivity index (χ3n) is 5.97. The summed E-state index contributed by atoms with van der Waals surface area (Å²) in [5.74, 6) is -1.25. The second-order valence-electron chi connectivity index (χ2n) is 7.92. The molecule has 2 fully saturated rings. The van der Waals surface area contributed by atoms with Crippen molar-refractivity contribution in [3.63, 3.8) is 0 Å². The number of aromatic nitrogens is 1. The molecule has 8 heteroatoms. The van der Waals surface area contributed by atoms with Crippen LogP contribution < -0.4 is 16.2 Å². The van der Waals surface area contributed by atoms with Gasteiger partial charge in [0.15, 0.2) is 5.82 Å². The average molecular weight is 410 g/mol. The number of anilines is 1. The van der Waals surface area contributed by atoms with Gasteiger partial charge in [0.25, 0.3) is 5.56 Å². The Labute approximate surface area is 168 Å². The maximum Gasteiger partial charge on any atom is 0.341 e. The predicted molar refractivity (Wildman–Crippen MR) is 109 cm³/mol. The Balaban J connectivity index is 0.00000225. The standard InChI is InChI=1S/C20H24FN3O3.ClH/c1-10-17-14(12-3-4-12)7-15(20(26)27)19(25)24(17)9-16(21)18(10)23-6-5-13(8-23)11(2)22;/h7,9,11-13H,3-6,8,22H2,1-2H3,(H,26,27);1H/t11?,13-;/m1./s1. The normalized spacial score (nSPS) is 20.3. The minimum Gasteiger partial charge on any atom is -0.477 e. The molecule has 1 saturated heterocycles. The highest BCUT2D eigenvalue weighted by atomic mass is 35.5. The molecule has 0 bridgehead atoms. The molecule has 3 heterocycles. The molecule has 0 spiro atoms. The van der Waals surface area contributed by atoms with Gasteiger partial charge in [-0.25, -0.2) is 9.18 Å². The van der Waals surface area contributed by atoms with Crippen molar-refractivity contribution in [3.05, 3.63) is 45.1 Å². The van der Waals surface area contributed by atoms with Crippen molar-refractivity contribution >= 4 is 29.6 Å². The van der Waals surface area contributed by atoms with E-state index in [-0.39, 0.29) is 29.9 Å². The Morgan fingerprint density at radius 2 is 2.04 bits per heavy atom. The molecule has 4 rings (SSSR count). The summed E-state index contributed by atoms with van der Waals surface area (Å²) >= 11 is 0. The smallest absolute Gasteiger partial charge is 0.341 e. The van der Waals surface area contributed by atoms with Gasteiger partial charge in [0.2, 0.25) is 0 Å². The largest absolute Gasteiger partial charge is 0.477 e. The Bertz CT molecular complexity index is 1000. The number of carboxylic acid groups (broad SMARTS) is 1. The summed E-state index contributed by atoms with van der Waals surface area (Å²) in [7, 11) is 0. The van der Waals surface area contributed by atoms with Gasteiger partial charge in [-0.2, -0.15) is 0 Å². The van der Waals surface area contributed by atoms with Gasteiger partial charge in [0.1, 0.15) is 5.56 Å². The highest BCUT2D eigenvalue weighted by Crippen LogP contribution is 2.44. The number of aryl methyl sites for hydroxylation is 1. The maximum absolute atomic E-state index is 15.0. The van der Waals surface area contributed by atoms with Crippen LogP contribution >= 0.6 is 12.4 Å². The third kappa shape index (κ3) is 3.26. The summed E-state index contributed by atoms with van der Waals surface area (Å²) in [5.41, 5.74) is 7.69. The number of aromatic carboxylic acids is 1. The van der Waals surface area contributed by atoms with Gasteiger partial charge in [-0.05, 0) is 62.1 Å². The van der Waals surface area contributed by atoms with Gasteiger partial charge < -0.3 is 15.7 Å². The first-order valence-corrected chi connectivity index (χ1v) is 9.41. The average Bonchev–Trinajstić information content (AvgIpc) is 3.32. The van der Waals surface area contributed by atoms with Gasteiger partial charge in [-0.1, -0.05) is 0 Å². The lowest BCUT2D eigenvalue weighted by Crippen LogP contribution is -2.31. The number of nitrogens with two attached hydrogens (primary N) is 1. The molecule has 2 atom stereocenters. The van der Waals surface area contributed by atoms with Crippen LogP contribution in [0, 0.1) is 18.7 Å². The monoisotopic (exact) mass is 409 g/mol. The van der Waals surface area contributed by atoms with Crippen LogP contribution in [-0.4, -0.2) is 34.6 Å². The van der Waals surface area contributed by atoms with E-state index in [4.69, 9.17) is 5.73 Å². The van der Waals surface area contributed by atoms with Gasteiger partial charge in [0.05, 0.1) is 17.4 Å². The number of hydrogen-bond donors (Lipinski definition) is 2. The van der Waals surface area contributed by atoms with Crippen LogP contribution in [0.25, 0.3) is 5.52 Å². The van der Waals surface area contributed by atoms with Crippen molar-refractivity contribution in [1.29, 1.82) is 0 Å². The van der Waals surface area contributed by atoms with Crippen LogP contribution in [0.1, 0.15) is 53.6 Å². The third-order valence-corrected chi connectivity index (χ3v) is 5.97. The molecule has 6 nitrogen and oxygen atoms in total. The molecule has 0 amide bonds. The second kappa shape index (κ2) is 7.37. The molecular weight excluding hydrogens is 385 g/mol. The van der Waals surface area contributed by atoms with Gasteiger partial charge in [-0.15, -0.1) is 12.4 Å². The fraction of sp³-hybridized carbons (Fsp3) is 0.500. The number of fused-ring (bicyclic) bond motifs is 1. The number of pyridine rings is 2. The van der Waals surface area contributed by atoms with E-state index in [0.29, 0.717) is 29.2 Å². The summed E-state index contributed by atoms with van der Waals surface area (Å²) < 4.78 is 16.2. The topological polar surface area (TPSA) is 88.0 Å². The number of carboxylic acids is 1. The lowest BCUT2D eigenvalue weighted by atomic mass is 10.0. The van der Waals surface area contributed by atoms with Crippen LogP contribution in [0.5, 0.6) is 0 Å². The molecule has 2 aromatic heterocycles. The molecule has 2 aromatic rings. The zero-order valence-corrected chi connectivity index (χ0v) is 16.8. The van der Waals surface area contributed by atoms with Crippen LogP contribution in [0.3, 0.4) is 0 Å². The lowest BCUT2D eigenvalue weighted by molar-refractivity contribution is 0.0694. The van der Waals surface area contributed by atoms with Crippen LogP contribution in [0.15, 0.2) is 17.1 Å². The number of nitrogens with zero attached hydrogens (tertiary/aromatic N) is 2. The first kappa shape index (κ1) is 20.6. The van der Waals surface area contributed by atoms with Crippen LogP contribution in [0.4, 0.5) is 10.1 Å². The highest BCUT2D eigenvalue weighted by Gasteiger charge is 2.32. The Morgan fingerprint density at radius 3 is 2.57 bits per heavy atom. The van der Waals surface area contributed by atoms with E-state index in [1.807, 2.05) is 18.7 Å². The van der Waals surface area contributed by atoms with E-state index in [0.717, 1.165) is 37.6 Å². The zero-order chi connectivity index (χ0) is 19.5. The van der Waals surface area contributed by atoms with E-state index >= 15 is 4.39 Å². The highest BCUT2D eigenvalue weighted by molar-refractivity contribution is 5.89. The van der Waals surface area contributed by atoms with Crippen molar-refractivity contribution in [3.8, 4) is 0 Å². The van der Waals surface area contributed by atoms with E-state index < -0.39 is 17.3 Å². The minimum atomic E-state index is -1.28. The Hall–Kier alpha value is -2.12.